The lowest BCUT2D eigenvalue weighted by molar-refractivity contribution is -0.519. The second-order valence-electron chi connectivity index (χ2n) is 5.47. The van der Waals surface area contributed by atoms with E-state index in [9.17, 15) is 10.1 Å². The van der Waals surface area contributed by atoms with Crippen molar-refractivity contribution in [1.82, 2.24) is 0 Å². The lowest BCUT2D eigenvalue weighted by atomic mass is 9.86. The molecular formula is C18H21NO4. The van der Waals surface area contributed by atoms with Gasteiger partial charge in [-0.2, -0.15) is 0 Å². The fraction of sp³-hybridized carbons (Fsp3) is 0.333. The third-order valence-corrected chi connectivity index (χ3v) is 3.97. The van der Waals surface area contributed by atoms with Gasteiger partial charge in [-0.25, -0.2) is 0 Å². The minimum absolute atomic E-state index is 0.0489. The summed E-state index contributed by atoms with van der Waals surface area (Å²) in [5, 5.41) is 11.1. The van der Waals surface area contributed by atoms with E-state index in [4.69, 9.17) is 9.47 Å². The number of methoxy groups -OCH3 is 2. The van der Waals surface area contributed by atoms with E-state index >= 15 is 0 Å². The number of ether oxygens (including phenoxy) is 2. The maximum absolute atomic E-state index is 11.1. The average Bonchev–Trinajstić information content (AvgIpc) is 2.59. The SMILES string of the molecule is COc1ccc(C(CC(C)[N+](=O)[O-])c2ccc(OC)cc2)cc1. The van der Waals surface area contributed by atoms with Crippen LogP contribution in [-0.4, -0.2) is 25.2 Å². The van der Waals surface area contributed by atoms with Crippen LogP contribution in [0.4, 0.5) is 0 Å². The molecule has 0 saturated heterocycles. The maximum atomic E-state index is 11.1. The Kier molecular flexibility index (Phi) is 5.57. The first kappa shape index (κ1) is 16.8. The van der Waals surface area contributed by atoms with Gasteiger partial charge in [0.05, 0.1) is 14.2 Å². The molecule has 5 heteroatoms. The van der Waals surface area contributed by atoms with Crippen LogP contribution >= 0.6 is 0 Å². The first-order valence-corrected chi connectivity index (χ1v) is 7.46. The molecule has 0 bridgehead atoms. The summed E-state index contributed by atoms with van der Waals surface area (Å²) >= 11 is 0. The van der Waals surface area contributed by atoms with E-state index < -0.39 is 6.04 Å². The molecule has 2 aromatic rings. The van der Waals surface area contributed by atoms with Crippen molar-refractivity contribution in [3.05, 3.63) is 69.8 Å². The van der Waals surface area contributed by atoms with Crippen molar-refractivity contribution in [2.75, 3.05) is 14.2 Å². The second-order valence-corrected chi connectivity index (χ2v) is 5.47. The van der Waals surface area contributed by atoms with E-state index in [-0.39, 0.29) is 10.8 Å². The molecule has 0 heterocycles. The fourth-order valence-electron chi connectivity index (χ4n) is 2.56. The molecule has 2 aromatic carbocycles. The predicted octanol–water partition coefficient (Wildman–Crippen LogP) is 3.89. The van der Waals surface area contributed by atoms with E-state index in [1.807, 2.05) is 48.5 Å². The van der Waals surface area contributed by atoms with E-state index in [2.05, 4.69) is 0 Å². The third kappa shape index (κ3) is 4.22. The molecule has 0 amide bonds. The Morgan fingerprint density at radius 1 is 0.913 bits per heavy atom. The first-order chi connectivity index (χ1) is 11.0. The molecule has 122 valence electrons. The molecule has 23 heavy (non-hydrogen) atoms. The molecule has 1 unspecified atom stereocenters. The molecule has 0 N–H and O–H groups in total. The molecule has 0 spiro atoms. The van der Waals surface area contributed by atoms with Gasteiger partial charge < -0.3 is 9.47 Å². The first-order valence-electron chi connectivity index (χ1n) is 7.46. The van der Waals surface area contributed by atoms with Gasteiger partial charge in [-0.3, -0.25) is 10.1 Å². The van der Waals surface area contributed by atoms with E-state index in [0.29, 0.717) is 6.42 Å². The largest absolute Gasteiger partial charge is 0.497 e. The summed E-state index contributed by atoms with van der Waals surface area (Å²) in [4.78, 5) is 10.8. The van der Waals surface area contributed by atoms with Crippen molar-refractivity contribution in [2.45, 2.75) is 25.3 Å². The van der Waals surface area contributed by atoms with E-state index in [1.165, 1.54) is 0 Å². The Labute approximate surface area is 136 Å². The number of nitrogens with zero attached hydrogens (tertiary/aromatic N) is 1. The van der Waals surface area contributed by atoms with Gasteiger partial charge in [0.1, 0.15) is 11.5 Å². The van der Waals surface area contributed by atoms with Crippen molar-refractivity contribution in [2.24, 2.45) is 0 Å². The quantitative estimate of drug-likeness (QED) is 0.574. The van der Waals surface area contributed by atoms with Gasteiger partial charge in [0.2, 0.25) is 6.04 Å². The topological polar surface area (TPSA) is 61.6 Å². The van der Waals surface area contributed by atoms with Crippen LogP contribution in [0.25, 0.3) is 0 Å². The molecule has 0 aromatic heterocycles. The normalized spacial score (nSPS) is 12.0. The summed E-state index contributed by atoms with van der Waals surface area (Å²) in [6.45, 7) is 1.64. The van der Waals surface area contributed by atoms with Crippen LogP contribution in [0.3, 0.4) is 0 Å². The molecule has 0 saturated carbocycles. The Bertz CT molecular complexity index is 590. The highest BCUT2D eigenvalue weighted by Gasteiger charge is 2.23. The van der Waals surface area contributed by atoms with Crippen LogP contribution in [0, 0.1) is 10.1 Å². The van der Waals surface area contributed by atoms with Gasteiger partial charge in [0.25, 0.3) is 0 Å². The number of benzene rings is 2. The zero-order chi connectivity index (χ0) is 16.8. The van der Waals surface area contributed by atoms with Gasteiger partial charge in [-0.15, -0.1) is 0 Å². The monoisotopic (exact) mass is 315 g/mol. The van der Waals surface area contributed by atoms with Crippen LogP contribution in [0.2, 0.25) is 0 Å². The number of hydrogen-bond donors (Lipinski definition) is 0. The van der Waals surface area contributed by atoms with Gasteiger partial charge in [0, 0.05) is 24.2 Å². The fourth-order valence-corrected chi connectivity index (χ4v) is 2.56. The molecule has 0 fully saturated rings. The highest BCUT2D eigenvalue weighted by molar-refractivity contribution is 5.38. The summed E-state index contributed by atoms with van der Waals surface area (Å²) in [6, 6.07) is 14.7. The molecule has 0 aliphatic carbocycles. The predicted molar refractivity (Wildman–Crippen MR) is 88.9 cm³/mol. The Balaban J connectivity index is 2.34. The standard InChI is InChI=1S/C18H21NO4/c1-13(19(20)21)12-18(14-4-8-16(22-2)9-5-14)15-6-10-17(23-3)11-7-15/h4-11,13,18H,12H2,1-3H3. The van der Waals surface area contributed by atoms with Crippen molar-refractivity contribution < 1.29 is 14.4 Å². The van der Waals surface area contributed by atoms with Crippen molar-refractivity contribution in [1.29, 1.82) is 0 Å². The molecule has 0 radical (unpaired) electrons. The molecular weight excluding hydrogens is 294 g/mol. The van der Waals surface area contributed by atoms with Gasteiger partial charge in [0.15, 0.2) is 0 Å². The molecule has 0 aliphatic heterocycles. The Morgan fingerprint density at radius 2 is 1.30 bits per heavy atom. The van der Waals surface area contributed by atoms with E-state index in [1.54, 1.807) is 21.1 Å². The smallest absolute Gasteiger partial charge is 0.211 e. The summed E-state index contributed by atoms with van der Waals surface area (Å²) < 4.78 is 10.4. The van der Waals surface area contributed by atoms with Crippen molar-refractivity contribution >= 4 is 0 Å². The summed E-state index contributed by atoms with van der Waals surface area (Å²) in [7, 11) is 3.23. The highest BCUT2D eigenvalue weighted by Crippen LogP contribution is 2.32. The molecule has 5 nitrogen and oxygen atoms in total. The lowest BCUT2D eigenvalue weighted by Gasteiger charge is -2.19. The van der Waals surface area contributed by atoms with E-state index in [0.717, 1.165) is 22.6 Å². The molecule has 0 aliphatic rings. The van der Waals surface area contributed by atoms with Crippen LogP contribution < -0.4 is 9.47 Å². The van der Waals surface area contributed by atoms with Gasteiger partial charge in [-0.05, 0) is 35.4 Å². The Morgan fingerprint density at radius 3 is 1.61 bits per heavy atom. The highest BCUT2D eigenvalue weighted by atomic mass is 16.6. The van der Waals surface area contributed by atoms with Gasteiger partial charge >= 0.3 is 0 Å². The molecule has 2 rings (SSSR count). The number of rotatable bonds is 7. The minimum atomic E-state index is -0.621. The maximum Gasteiger partial charge on any atom is 0.211 e. The minimum Gasteiger partial charge on any atom is -0.497 e. The zero-order valence-electron chi connectivity index (χ0n) is 13.6. The summed E-state index contributed by atoms with van der Waals surface area (Å²) in [6.07, 6.45) is 0.436. The Hall–Kier alpha value is -2.56. The summed E-state index contributed by atoms with van der Waals surface area (Å²) in [5.41, 5.74) is 2.06. The van der Waals surface area contributed by atoms with Crippen LogP contribution in [0.5, 0.6) is 11.5 Å². The number of nitro groups is 1. The molecule has 1 atom stereocenters. The van der Waals surface area contributed by atoms with Crippen molar-refractivity contribution in [3.63, 3.8) is 0 Å². The number of hydrogen-bond acceptors (Lipinski definition) is 4. The summed E-state index contributed by atoms with van der Waals surface area (Å²) in [5.74, 6) is 1.49. The van der Waals surface area contributed by atoms with Crippen LogP contribution in [0.15, 0.2) is 48.5 Å². The van der Waals surface area contributed by atoms with Crippen LogP contribution in [0.1, 0.15) is 30.4 Å². The lowest BCUT2D eigenvalue weighted by Crippen LogP contribution is -2.19. The second kappa shape index (κ2) is 7.63. The van der Waals surface area contributed by atoms with Crippen molar-refractivity contribution in [3.8, 4) is 11.5 Å². The third-order valence-electron chi connectivity index (χ3n) is 3.97. The average molecular weight is 315 g/mol. The van der Waals surface area contributed by atoms with Gasteiger partial charge in [-0.1, -0.05) is 24.3 Å². The van der Waals surface area contributed by atoms with Crippen LogP contribution in [-0.2, 0) is 0 Å². The zero-order valence-corrected chi connectivity index (χ0v) is 13.6.